The second-order valence-electron chi connectivity index (χ2n) is 3.88. The normalized spacial score (nSPS) is 20.6. The largest absolute Gasteiger partial charge is 0.328 e. The van der Waals surface area contributed by atoms with Crippen LogP contribution in [0.4, 0.5) is 0 Å². The summed E-state index contributed by atoms with van der Waals surface area (Å²) in [5.74, 6) is 1.10. The van der Waals surface area contributed by atoms with Crippen LogP contribution in [-0.2, 0) is 10.0 Å². The smallest absolute Gasteiger partial charge is 0.247 e. The maximum Gasteiger partial charge on any atom is 0.247 e. The number of sulfonamides is 1. The molecule has 1 atom stereocenters. The molecule has 1 fully saturated rings. The molecule has 0 saturated carbocycles. The van der Waals surface area contributed by atoms with Crippen LogP contribution in [0.2, 0.25) is 0 Å². The van der Waals surface area contributed by atoms with E-state index in [1.165, 1.54) is 18.3 Å². The third-order valence-electron chi connectivity index (χ3n) is 2.59. The molecule has 0 bridgehead atoms. The molecule has 1 aromatic heterocycles. The van der Waals surface area contributed by atoms with E-state index < -0.39 is 10.0 Å². The maximum absolute atomic E-state index is 11.9. The van der Waals surface area contributed by atoms with Gasteiger partial charge in [-0.2, -0.15) is 11.8 Å². The van der Waals surface area contributed by atoms with E-state index in [4.69, 9.17) is 0 Å². The summed E-state index contributed by atoms with van der Waals surface area (Å²) in [5, 5.41) is 0.368. The molecular weight excluding hydrogens is 260 g/mol. The fourth-order valence-corrected chi connectivity index (χ4v) is 4.01. The Hall–Kier alpha value is -0.790. The lowest BCUT2D eigenvalue weighted by Gasteiger charge is -2.10. The number of hydrogen-bond acceptors (Lipinski definition) is 4. The lowest BCUT2D eigenvalue weighted by Crippen LogP contribution is -2.30. The van der Waals surface area contributed by atoms with Gasteiger partial charge in [-0.1, -0.05) is 0 Å². The summed E-state index contributed by atoms with van der Waals surface area (Å²) >= 11 is 1.80. The first-order valence-electron chi connectivity index (χ1n) is 5.38. The lowest BCUT2D eigenvalue weighted by atomic mass is 10.2. The first kappa shape index (κ1) is 12.7. The highest BCUT2D eigenvalue weighted by atomic mass is 32.2. The Kier molecular flexibility index (Phi) is 3.90. The molecule has 17 heavy (non-hydrogen) atoms. The van der Waals surface area contributed by atoms with E-state index in [9.17, 15) is 13.2 Å². The third-order valence-corrected chi connectivity index (χ3v) is 5.41. The standard InChI is InChI=1S/C10H14N2O3S2/c13-10-4-3-9(7-11-10)17(14,15)12-6-8-2-1-5-16-8/h3-4,7-8,12H,1-2,5-6H2,(H,11,13). The van der Waals surface area contributed by atoms with Gasteiger partial charge in [-0.3, -0.25) is 4.79 Å². The Morgan fingerprint density at radius 2 is 2.29 bits per heavy atom. The van der Waals surface area contributed by atoms with Crippen LogP contribution in [0, 0.1) is 0 Å². The highest BCUT2D eigenvalue weighted by Crippen LogP contribution is 2.25. The van der Waals surface area contributed by atoms with Crippen molar-refractivity contribution >= 4 is 21.8 Å². The first-order valence-corrected chi connectivity index (χ1v) is 7.91. The Bertz CT molecular complexity index is 512. The van der Waals surface area contributed by atoms with Gasteiger partial charge in [-0.25, -0.2) is 13.1 Å². The number of nitrogens with one attached hydrogen (secondary N) is 2. The second kappa shape index (κ2) is 5.24. The van der Waals surface area contributed by atoms with Gasteiger partial charge in [-0.05, 0) is 24.7 Å². The number of thioether (sulfide) groups is 1. The molecule has 0 aliphatic carbocycles. The van der Waals surface area contributed by atoms with Crippen LogP contribution in [-0.4, -0.2) is 30.9 Å². The molecule has 0 radical (unpaired) electrons. The number of aromatic nitrogens is 1. The Morgan fingerprint density at radius 3 is 2.88 bits per heavy atom. The molecule has 0 amide bonds. The van der Waals surface area contributed by atoms with Gasteiger partial charge in [0, 0.05) is 24.1 Å². The van der Waals surface area contributed by atoms with E-state index in [1.807, 2.05) is 0 Å². The molecule has 2 N–H and O–H groups in total. The SMILES string of the molecule is O=c1ccc(S(=O)(=O)NCC2CCCS2)c[nH]1. The van der Waals surface area contributed by atoms with Crippen molar-refractivity contribution < 1.29 is 8.42 Å². The van der Waals surface area contributed by atoms with Crippen LogP contribution >= 0.6 is 11.8 Å². The average Bonchev–Trinajstić information content (AvgIpc) is 2.80. The van der Waals surface area contributed by atoms with E-state index in [0.29, 0.717) is 11.8 Å². The van der Waals surface area contributed by atoms with Gasteiger partial charge in [0.15, 0.2) is 0 Å². The minimum Gasteiger partial charge on any atom is -0.328 e. The van der Waals surface area contributed by atoms with Gasteiger partial charge in [0.2, 0.25) is 15.6 Å². The van der Waals surface area contributed by atoms with E-state index in [0.717, 1.165) is 18.6 Å². The molecular formula is C10H14N2O3S2. The monoisotopic (exact) mass is 274 g/mol. The van der Waals surface area contributed by atoms with E-state index in [-0.39, 0.29) is 10.5 Å². The average molecular weight is 274 g/mol. The fraction of sp³-hybridized carbons (Fsp3) is 0.500. The minimum atomic E-state index is -3.50. The highest BCUT2D eigenvalue weighted by molar-refractivity contribution is 8.00. The first-order chi connectivity index (χ1) is 8.08. The van der Waals surface area contributed by atoms with Crippen molar-refractivity contribution in [1.82, 2.24) is 9.71 Å². The number of pyridine rings is 1. The highest BCUT2D eigenvalue weighted by Gasteiger charge is 2.20. The van der Waals surface area contributed by atoms with Gasteiger partial charge < -0.3 is 4.98 Å². The number of hydrogen-bond donors (Lipinski definition) is 2. The summed E-state index contributed by atoms with van der Waals surface area (Å²) in [6.07, 6.45) is 3.42. The molecule has 0 spiro atoms. The third kappa shape index (κ3) is 3.34. The number of H-pyrrole nitrogens is 1. The predicted octanol–water partition coefficient (Wildman–Crippen LogP) is 0.549. The van der Waals surface area contributed by atoms with Crippen molar-refractivity contribution in [2.75, 3.05) is 12.3 Å². The van der Waals surface area contributed by atoms with Crippen molar-refractivity contribution in [3.8, 4) is 0 Å². The van der Waals surface area contributed by atoms with E-state index >= 15 is 0 Å². The summed E-state index contributed by atoms with van der Waals surface area (Å²) in [4.78, 5) is 13.3. The van der Waals surface area contributed by atoms with Gasteiger partial charge in [0.05, 0.1) is 4.90 Å². The van der Waals surface area contributed by atoms with Crippen molar-refractivity contribution in [2.45, 2.75) is 23.0 Å². The zero-order valence-electron chi connectivity index (χ0n) is 9.18. The Morgan fingerprint density at radius 1 is 1.47 bits per heavy atom. The minimum absolute atomic E-state index is 0.0973. The van der Waals surface area contributed by atoms with Gasteiger partial charge in [0.25, 0.3) is 0 Å². The summed E-state index contributed by atoms with van der Waals surface area (Å²) in [7, 11) is -3.50. The summed E-state index contributed by atoms with van der Waals surface area (Å²) in [6, 6.07) is 2.52. The van der Waals surface area contributed by atoms with Crippen LogP contribution < -0.4 is 10.3 Å². The quantitative estimate of drug-likeness (QED) is 0.840. The van der Waals surface area contributed by atoms with Crippen molar-refractivity contribution in [3.63, 3.8) is 0 Å². The molecule has 0 aromatic carbocycles. The van der Waals surface area contributed by atoms with E-state index in [2.05, 4.69) is 9.71 Å². The van der Waals surface area contributed by atoms with Gasteiger partial charge >= 0.3 is 0 Å². The van der Waals surface area contributed by atoms with Gasteiger partial charge in [0.1, 0.15) is 0 Å². The maximum atomic E-state index is 11.9. The van der Waals surface area contributed by atoms with Crippen LogP contribution in [0.5, 0.6) is 0 Å². The molecule has 1 aliphatic rings. The van der Waals surface area contributed by atoms with Crippen LogP contribution in [0.1, 0.15) is 12.8 Å². The Balaban J connectivity index is 2.02. The summed E-state index contributed by atoms with van der Waals surface area (Å²) < 4.78 is 26.3. The van der Waals surface area contributed by atoms with Crippen LogP contribution in [0.15, 0.2) is 28.0 Å². The van der Waals surface area contributed by atoms with Crippen molar-refractivity contribution in [1.29, 1.82) is 0 Å². The number of rotatable bonds is 4. The second-order valence-corrected chi connectivity index (χ2v) is 7.05. The molecule has 5 nitrogen and oxygen atoms in total. The molecule has 1 aromatic rings. The summed E-state index contributed by atoms with van der Waals surface area (Å²) in [6.45, 7) is 0.451. The van der Waals surface area contributed by atoms with Crippen molar-refractivity contribution in [3.05, 3.63) is 28.7 Å². The zero-order chi connectivity index (χ0) is 12.3. The van der Waals surface area contributed by atoms with Crippen LogP contribution in [0.3, 0.4) is 0 Å². The predicted molar refractivity (Wildman–Crippen MR) is 67.7 cm³/mol. The zero-order valence-corrected chi connectivity index (χ0v) is 10.8. The fourth-order valence-electron chi connectivity index (χ4n) is 1.65. The molecule has 94 valence electrons. The van der Waals surface area contributed by atoms with E-state index in [1.54, 1.807) is 11.8 Å². The lowest BCUT2D eigenvalue weighted by molar-refractivity contribution is 0.578. The molecule has 1 aliphatic heterocycles. The number of aromatic amines is 1. The topological polar surface area (TPSA) is 79.0 Å². The molecule has 7 heteroatoms. The van der Waals surface area contributed by atoms with Gasteiger partial charge in [-0.15, -0.1) is 0 Å². The Labute approximate surface area is 104 Å². The molecule has 2 rings (SSSR count). The van der Waals surface area contributed by atoms with Crippen LogP contribution in [0.25, 0.3) is 0 Å². The summed E-state index contributed by atoms with van der Waals surface area (Å²) in [5.41, 5.74) is -0.310. The van der Waals surface area contributed by atoms with Crippen molar-refractivity contribution in [2.24, 2.45) is 0 Å². The molecule has 1 saturated heterocycles. The molecule has 2 heterocycles. The molecule has 1 unspecified atom stereocenters.